The predicted octanol–water partition coefficient (Wildman–Crippen LogP) is 3.09. The molecule has 8 nitrogen and oxygen atoms in total. The molecule has 0 fully saturated rings. The molecule has 1 aliphatic heterocycles. The number of para-hydroxylation sites is 1. The van der Waals surface area contributed by atoms with Gasteiger partial charge < -0.3 is 24.3 Å². The number of hydrogen-bond acceptors (Lipinski definition) is 6. The van der Waals surface area contributed by atoms with E-state index >= 15 is 0 Å². The van der Waals surface area contributed by atoms with E-state index in [4.69, 9.17) is 14.0 Å². The second-order valence-corrected chi connectivity index (χ2v) is 6.80. The lowest BCUT2D eigenvalue weighted by Gasteiger charge is -2.18. The number of ketones is 1. The Kier molecular flexibility index (Phi) is 4.44. The van der Waals surface area contributed by atoms with Gasteiger partial charge in [-0.1, -0.05) is 23.4 Å². The molecule has 1 aliphatic rings. The van der Waals surface area contributed by atoms with Crippen LogP contribution in [0.1, 0.15) is 16.1 Å². The minimum atomic E-state index is -0.705. The average Bonchev–Trinajstić information content (AvgIpc) is 3.44. The van der Waals surface area contributed by atoms with E-state index in [0.717, 1.165) is 11.1 Å². The molecule has 0 unspecified atom stereocenters. The van der Waals surface area contributed by atoms with E-state index in [-0.39, 0.29) is 6.54 Å². The number of H-pyrrole nitrogens is 1. The number of fused-ring (bicyclic) bond motifs is 2. The highest BCUT2D eigenvalue weighted by atomic mass is 16.6. The molecule has 0 radical (unpaired) electrons. The lowest BCUT2D eigenvalue weighted by atomic mass is 10.1. The number of amides is 1. The number of ether oxygens (including phenoxy) is 2. The second-order valence-electron chi connectivity index (χ2n) is 6.80. The fraction of sp³-hybridized carbons (Fsp3) is 0.136. The van der Waals surface area contributed by atoms with Crippen molar-refractivity contribution < 1.29 is 23.6 Å². The SMILES string of the molecule is O=C(NCc1cc(-c2ccc3c(c2)OCCO3)on1)C(=O)c1c[nH]c2ccccc12. The minimum Gasteiger partial charge on any atom is -0.486 e. The van der Waals surface area contributed by atoms with E-state index in [1.807, 2.05) is 36.4 Å². The summed E-state index contributed by atoms with van der Waals surface area (Å²) < 4.78 is 16.5. The summed E-state index contributed by atoms with van der Waals surface area (Å²) in [5, 5.41) is 7.27. The van der Waals surface area contributed by atoms with Crippen molar-refractivity contribution in [2.45, 2.75) is 6.54 Å². The third-order valence-corrected chi connectivity index (χ3v) is 4.86. The van der Waals surface area contributed by atoms with Crippen LogP contribution in [-0.2, 0) is 11.3 Å². The van der Waals surface area contributed by atoms with Crippen LogP contribution < -0.4 is 14.8 Å². The third-order valence-electron chi connectivity index (χ3n) is 4.86. The maximum absolute atomic E-state index is 12.5. The van der Waals surface area contributed by atoms with Gasteiger partial charge in [-0.05, 0) is 24.3 Å². The van der Waals surface area contributed by atoms with E-state index in [1.54, 1.807) is 18.3 Å². The Morgan fingerprint density at radius 3 is 2.77 bits per heavy atom. The number of nitrogens with zero attached hydrogens (tertiary/aromatic N) is 1. The number of carbonyl (C=O) groups excluding carboxylic acids is 2. The predicted molar refractivity (Wildman–Crippen MR) is 107 cm³/mol. The zero-order valence-corrected chi connectivity index (χ0v) is 15.8. The monoisotopic (exact) mass is 403 g/mol. The number of hydrogen-bond donors (Lipinski definition) is 2. The first-order valence-corrected chi connectivity index (χ1v) is 9.43. The van der Waals surface area contributed by atoms with Crippen molar-refractivity contribution in [2.24, 2.45) is 0 Å². The smallest absolute Gasteiger partial charge is 0.292 e. The second kappa shape index (κ2) is 7.40. The topological polar surface area (TPSA) is 106 Å². The maximum Gasteiger partial charge on any atom is 0.292 e. The van der Waals surface area contributed by atoms with Gasteiger partial charge in [0.05, 0.1) is 12.1 Å². The summed E-state index contributed by atoms with van der Waals surface area (Å²) in [6, 6.07) is 14.5. The molecule has 2 aromatic heterocycles. The number of benzene rings is 2. The van der Waals surface area contributed by atoms with Gasteiger partial charge in [-0.15, -0.1) is 0 Å². The molecule has 0 aliphatic carbocycles. The molecule has 3 heterocycles. The van der Waals surface area contributed by atoms with Crippen LogP contribution in [-0.4, -0.2) is 35.0 Å². The molecule has 0 atom stereocenters. The lowest BCUT2D eigenvalue weighted by molar-refractivity contribution is -0.117. The average molecular weight is 403 g/mol. The zero-order chi connectivity index (χ0) is 20.5. The Morgan fingerprint density at radius 1 is 1.03 bits per heavy atom. The lowest BCUT2D eigenvalue weighted by Crippen LogP contribution is -2.30. The highest BCUT2D eigenvalue weighted by molar-refractivity contribution is 6.44. The molecule has 4 aromatic rings. The molecule has 0 bridgehead atoms. The van der Waals surface area contributed by atoms with Crippen LogP contribution in [0.4, 0.5) is 0 Å². The van der Waals surface area contributed by atoms with Gasteiger partial charge in [-0.25, -0.2) is 0 Å². The van der Waals surface area contributed by atoms with E-state index in [2.05, 4.69) is 15.5 Å². The Balaban J connectivity index is 1.26. The fourth-order valence-electron chi connectivity index (χ4n) is 3.36. The van der Waals surface area contributed by atoms with Gasteiger partial charge in [0.15, 0.2) is 17.3 Å². The maximum atomic E-state index is 12.5. The molecule has 0 spiro atoms. The van der Waals surface area contributed by atoms with Crippen LogP contribution >= 0.6 is 0 Å². The Hall–Kier alpha value is -4.07. The molecule has 2 N–H and O–H groups in total. The van der Waals surface area contributed by atoms with E-state index in [1.165, 1.54) is 0 Å². The molecule has 2 aromatic carbocycles. The van der Waals surface area contributed by atoms with Crippen LogP contribution in [0.25, 0.3) is 22.2 Å². The molecule has 0 saturated carbocycles. The number of Topliss-reactive ketones (excluding diaryl/α,β-unsaturated/α-hetero) is 1. The number of rotatable bonds is 5. The van der Waals surface area contributed by atoms with Gasteiger partial charge in [-0.3, -0.25) is 9.59 Å². The Morgan fingerprint density at radius 2 is 1.87 bits per heavy atom. The molecular formula is C22H17N3O5. The number of aromatic nitrogens is 2. The molecule has 150 valence electrons. The van der Waals surface area contributed by atoms with Crippen molar-refractivity contribution in [3.05, 3.63) is 66.0 Å². The van der Waals surface area contributed by atoms with Crippen LogP contribution in [0.15, 0.2) is 59.3 Å². The van der Waals surface area contributed by atoms with Crippen LogP contribution in [0.2, 0.25) is 0 Å². The van der Waals surface area contributed by atoms with E-state index < -0.39 is 11.7 Å². The summed E-state index contributed by atoms with van der Waals surface area (Å²) in [7, 11) is 0. The standard InChI is InChI=1S/C22H17N3O5/c26-21(16-12-23-17-4-2-1-3-15(16)17)22(27)24-11-14-10-19(30-25-14)13-5-6-18-20(9-13)29-8-7-28-18/h1-6,9-10,12,23H,7-8,11H2,(H,24,27). The van der Waals surface area contributed by atoms with Crippen LogP contribution in [0.5, 0.6) is 11.5 Å². The molecular weight excluding hydrogens is 386 g/mol. The normalized spacial score (nSPS) is 12.7. The first kappa shape index (κ1) is 18.0. The third kappa shape index (κ3) is 3.28. The Labute approximate surface area is 170 Å². The zero-order valence-electron chi connectivity index (χ0n) is 15.8. The summed E-state index contributed by atoms with van der Waals surface area (Å²) in [5.41, 5.74) is 2.41. The molecule has 30 heavy (non-hydrogen) atoms. The van der Waals surface area contributed by atoms with Gasteiger partial charge in [-0.2, -0.15) is 0 Å². The fourth-order valence-corrected chi connectivity index (χ4v) is 3.36. The summed E-state index contributed by atoms with van der Waals surface area (Å²) in [6.07, 6.45) is 1.54. The molecule has 8 heteroatoms. The van der Waals surface area contributed by atoms with E-state index in [9.17, 15) is 9.59 Å². The summed E-state index contributed by atoms with van der Waals surface area (Å²) >= 11 is 0. The minimum absolute atomic E-state index is 0.0704. The number of carbonyl (C=O) groups is 2. The van der Waals surface area contributed by atoms with Crippen molar-refractivity contribution in [3.8, 4) is 22.8 Å². The largest absolute Gasteiger partial charge is 0.486 e. The van der Waals surface area contributed by atoms with E-state index in [0.29, 0.717) is 47.1 Å². The van der Waals surface area contributed by atoms with Crippen molar-refractivity contribution in [1.29, 1.82) is 0 Å². The highest BCUT2D eigenvalue weighted by Gasteiger charge is 2.20. The van der Waals surface area contributed by atoms with Crippen LogP contribution in [0, 0.1) is 0 Å². The number of aromatic amines is 1. The summed E-state index contributed by atoms with van der Waals surface area (Å²) in [6.45, 7) is 1.09. The van der Waals surface area contributed by atoms with Crippen molar-refractivity contribution in [3.63, 3.8) is 0 Å². The Bertz CT molecular complexity index is 1260. The molecule has 1 amide bonds. The van der Waals surface area contributed by atoms with Crippen LogP contribution in [0.3, 0.4) is 0 Å². The first-order valence-electron chi connectivity index (χ1n) is 9.43. The summed E-state index contributed by atoms with van der Waals surface area (Å²) in [4.78, 5) is 27.8. The molecule has 0 saturated heterocycles. The van der Waals surface area contributed by atoms with Crippen molar-refractivity contribution >= 4 is 22.6 Å². The van der Waals surface area contributed by atoms with Gasteiger partial charge >= 0.3 is 0 Å². The van der Waals surface area contributed by atoms with Gasteiger partial charge in [0, 0.05) is 28.7 Å². The van der Waals surface area contributed by atoms with Gasteiger partial charge in [0.2, 0.25) is 0 Å². The highest BCUT2D eigenvalue weighted by Crippen LogP contribution is 2.34. The quantitative estimate of drug-likeness (QED) is 0.392. The molecule has 5 rings (SSSR count). The first-order chi connectivity index (χ1) is 14.7. The van der Waals surface area contributed by atoms with Crippen molar-refractivity contribution in [1.82, 2.24) is 15.5 Å². The van der Waals surface area contributed by atoms with Crippen molar-refractivity contribution in [2.75, 3.05) is 13.2 Å². The number of nitrogens with one attached hydrogen (secondary N) is 2. The van der Waals surface area contributed by atoms with Gasteiger partial charge in [0.1, 0.15) is 18.9 Å². The summed E-state index contributed by atoms with van der Waals surface area (Å²) in [5.74, 6) is 0.549. The van der Waals surface area contributed by atoms with Gasteiger partial charge in [0.25, 0.3) is 11.7 Å².